The molecule has 0 saturated heterocycles. The lowest BCUT2D eigenvalue weighted by Crippen LogP contribution is -2.37. The first kappa shape index (κ1) is 15.5. The predicted molar refractivity (Wildman–Crippen MR) is 82.7 cm³/mol. The van der Waals surface area contributed by atoms with Crippen LogP contribution in [0.25, 0.3) is 0 Å². The molecule has 1 atom stereocenters. The van der Waals surface area contributed by atoms with Crippen molar-refractivity contribution < 1.29 is 8.78 Å². The number of hydrogen-bond acceptors (Lipinski definition) is 3. The van der Waals surface area contributed by atoms with Crippen LogP contribution in [0.3, 0.4) is 0 Å². The number of fused-ring (bicyclic) bond motifs is 1. The summed E-state index contributed by atoms with van der Waals surface area (Å²) in [6, 6.07) is 3.44. The van der Waals surface area contributed by atoms with E-state index < -0.39 is 17.3 Å². The van der Waals surface area contributed by atoms with Crippen LogP contribution in [0.1, 0.15) is 36.9 Å². The molecule has 23 heavy (non-hydrogen) atoms. The lowest BCUT2D eigenvalue weighted by Gasteiger charge is -2.18. The number of aromatic amines is 1. The van der Waals surface area contributed by atoms with Crippen LogP contribution in [0.2, 0.25) is 0 Å². The molecule has 0 saturated carbocycles. The molecule has 1 aliphatic heterocycles. The molecule has 1 aliphatic rings. The number of rotatable bonds is 2. The number of hydrogen-bond donors (Lipinski definition) is 2. The van der Waals surface area contributed by atoms with Gasteiger partial charge in [-0.3, -0.25) is 14.3 Å². The first-order chi connectivity index (χ1) is 11.0. The van der Waals surface area contributed by atoms with Crippen LogP contribution < -0.4 is 16.6 Å². The zero-order valence-corrected chi connectivity index (χ0v) is 12.7. The number of anilines is 1. The Morgan fingerprint density at radius 3 is 2.74 bits per heavy atom. The van der Waals surface area contributed by atoms with Gasteiger partial charge in [0.15, 0.2) is 11.6 Å². The van der Waals surface area contributed by atoms with E-state index in [1.54, 1.807) is 6.92 Å². The highest BCUT2D eigenvalue weighted by atomic mass is 19.2. The van der Waals surface area contributed by atoms with Crippen molar-refractivity contribution in [3.8, 4) is 0 Å². The Morgan fingerprint density at radius 1 is 1.26 bits per heavy atom. The van der Waals surface area contributed by atoms with Crippen LogP contribution in [-0.2, 0) is 13.0 Å². The molecule has 3 rings (SSSR count). The molecule has 2 heterocycles. The molecular formula is C16H17F2N3O2. The molecule has 5 nitrogen and oxygen atoms in total. The van der Waals surface area contributed by atoms with E-state index in [0.29, 0.717) is 42.8 Å². The van der Waals surface area contributed by atoms with Gasteiger partial charge in [-0.15, -0.1) is 0 Å². The molecule has 1 aromatic carbocycles. The van der Waals surface area contributed by atoms with Gasteiger partial charge in [-0.25, -0.2) is 13.6 Å². The average Bonchev–Trinajstić information content (AvgIpc) is 2.73. The minimum atomic E-state index is -0.913. The Labute approximate surface area is 131 Å². The maximum absolute atomic E-state index is 13.4. The summed E-state index contributed by atoms with van der Waals surface area (Å²) in [5, 5.41) is 3.10. The van der Waals surface area contributed by atoms with Gasteiger partial charge in [0.1, 0.15) is 5.82 Å². The second-order valence-corrected chi connectivity index (χ2v) is 5.60. The van der Waals surface area contributed by atoms with Crippen LogP contribution in [-0.4, -0.2) is 9.55 Å². The molecular weight excluding hydrogens is 304 g/mol. The van der Waals surface area contributed by atoms with E-state index >= 15 is 0 Å². The third-order valence-electron chi connectivity index (χ3n) is 4.18. The summed E-state index contributed by atoms with van der Waals surface area (Å²) in [4.78, 5) is 27.0. The molecule has 0 fully saturated rings. The first-order valence-corrected chi connectivity index (χ1v) is 7.58. The second-order valence-electron chi connectivity index (χ2n) is 5.60. The van der Waals surface area contributed by atoms with E-state index in [2.05, 4.69) is 10.3 Å². The number of nitrogens with one attached hydrogen (secondary N) is 2. The van der Waals surface area contributed by atoms with Gasteiger partial charge >= 0.3 is 5.69 Å². The highest BCUT2D eigenvalue weighted by Crippen LogP contribution is 2.29. The lowest BCUT2D eigenvalue weighted by atomic mass is 10.0. The van der Waals surface area contributed by atoms with Crippen LogP contribution in [0.15, 0.2) is 27.8 Å². The fourth-order valence-corrected chi connectivity index (χ4v) is 2.96. The van der Waals surface area contributed by atoms with E-state index in [-0.39, 0.29) is 11.6 Å². The van der Waals surface area contributed by atoms with Crippen molar-refractivity contribution in [3.63, 3.8) is 0 Å². The highest BCUT2D eigenvalue weighted by molar-refractivity contribution is 5.46. The van der Waals surface area contributed by atoms with Gasteiger partial charge < -0.3 is 5.32 Å². The number of H-pyrrole nitrogens is 1. The van der Waals surface area contributed by atoms with E-state index in [9.17, 15) is 18.4 Å². The standard InChI is InChI=1S/C16H17F2N3O2/c1-2-21-15(22)10-4-3-5-13(19-14(10)20-16(21)23)9-6-7-11(17)12(18)8-9/h6-8,13,19H,2-5H2,1H3,(H,20,23)/t13-/m1/s1. The number of halogens is 2. The second kappa shape index (κ2) is 5.98. The fraction of sp³-hybridized carbons (Fsp3) is 0.375. The monoisotopic (exact) mass is 321 g/mol. The van der Waals surface area contributed by atoms with Crippen molar-refractivity contribution in [2.24, 2.45) is 0 Å². The summed E-state index contributed by atoms with van der Waals surface area (Å²) in [5.74, 6) is -1.44. The van der Waals surface area contributed by atoms with E-state index in [1.165, 1.54) is 6.07 Å². The summed E-state index contributed by atoms with van der Waals surface area (Å²) < 4.78 is 27.7. The van der Waals surface area contributed by atoms with Gasteiger partial charge in [-0.1, -0.05) is 6.07 Å². The normalized spacial score (nSPS) is 17.3. The summed E-state index contributed by atoms with van der Waals surface area (Å²) in [6.45, 7) is 2.03. The molecule has 0 bridgehead atoms. The van der Waals surface area contributed by atoms with Crippen molar-refractivity contribution in [2.75, 3.05) is 5.32 Å². The van der Waals surface area contributed by atoms with Crippen molar-refractivity contribution >= 4 is 5.82 Å². The predicted octanol–water partition coefficient (Wildman–Crippen LogP) is 2.32. The minimum Gasteiger partial charge on any atom is -0.364 e. The summed E-state index contributed by atoms with van der Waals surface area (Å²) in [5.41, 5.74) is 0.327. The van der Waals surface area contributed by atoms with Crippen LogP contribution >= 0.6 is 0 Å². The van der Waals surface area contributed by atoms with E-state index in [0.717, 1.165) is 16.7 Å². The van der Waals surface area contributed by atoms with Gasteiger partial charge in [0, 0.05) is 6.54 Å². The van der Waals surface area contributed by atoms with Crippen molar-refractivity contribution in [2.45, 2.75) is 38.8 Å². The summed E-state index contributed by atoms with van der Waals surface area (Å²) in [6.07, 6.45) is 1.88. The van der Waals surface area contributed by atoms with Crippen molar-refractivity contribution in [1.29, 1.82) is 0 Å². The first-order valence-electron chi connectivity index (χ1n) is 7.58. The van der Waals surface area contributed by atoms with E-state index in [4.69, 9.17) is 0 Å². The Balaban J connectivity index is 2.03. The highest BCUT2D eigenvalue weighted by Gasteiger charge is 2.22. The molecule has 0 amide bonds. The molecule has 0 radical (unpaired) electrons. The third kappa shape index (κ3) is 2.78. The van der Waals surface area contributed by atoms with Gasteiger partial charge in [0.2, 0.25) is 0 Å². The summed E-state index contributed by atoms with van der Waals surface area (Å²) in [7, 11) is 0. The van der Waals surface area contributed by atoms with Crippen molar-refractivity contribution in [1.82, 2.24) is 9.55 Å². The zero-order chi connectivity index (χ0) is 16.6. The molecule has 1 aromatic heterocycles. The Morgan fingerprint density at radius 2 is 2.04 bits per heavy atom. The number of aromatic nitrogens is 2. The molecule has 2 aromatic rings. The molecule has 7 heteroatoms. The molecule has 2 N–H and O–H groups in total. The largest absolute Gasteiger partial charge is 0.364 e. The SMILES string of the molecule is CCn1c(=O)[nH]c2c(c1=O)CCC[C@H](c1ccc(F)c(F)c1)N2. The Kier molecular flexibility index (Phi) is 4.02. The van der Waals surface area contributed by atoms with E-state index in [1.807, 2.05) is 0 Å². The van der Waals surface area contributed by atoms with Gasteiger partial charge in [0.05, 0.1) is 11.6 Å². The smallest absolute Gasteiger partial charge is 0.329 e. The molecule has 0 unspecified atom stereocenters. The third-order valence-corrected chi connectivity index (χ3v) is 4.18. The Hall–Kier alpha value is -2.44. The Bertz CT molecular complexity index is 857. The average molecular weight is 321 g/mol. The quantitative estimate of drug-likeness (QED) is 0.892. The van der Waals surface area contributed by atoms with Crippen LogP contribution in [0.4, 0.5) is 14.6 Å². The van der Waals surface area contributed by atoms with Crippen LogP contribution in [0, 0.1) is 11.6 Å². The molecule has 122 valence electrons. The maximum atomic E-state index is 13.4. The number of nitrogens with zero attached hydrogens (tertiary/aromatic N) is 1. The van der Waals surface area contributed by atoms with Crippen molar-refractivity contribution in [3.05, 3.63) is 61.8 Å². The molecule has 0 aliphatic carbocycles. The van der Waals surface area contributed by atoms with Gasteiger partial charge in [-0.05, 0) is 43.9 Å². The molecule has 0 spiro atoms. The van der Waals surface area contributed by atoms with Crippen LogP contribution in [0.5, 0.6) is 0 Å². The number of benzene rings is 1. The topological polar surface area (TPSA) is 66.9 Å². The minimum absolute atomic E-state index is 0.293. The van der Waals surface area contributed by atoms with Gasteiger partial charge in [0.25, 0.3) is 5.56 Å². The zero-order valence-electron chi connectivity index (χ0n) is 12.7. The maximum Gasteiger partial charge on any atom is 0.329 e. The van der Waals surface area contributed by atoms with Gasteiger partial charge in [-0.2, -0.15) is 0 Å². The summed E-state index contributed by atoms with van der Waals surface area (Å²) >= 11 is 0. The lowest BCUT2D eigenvalue weighted by molar-refractivity contribution is 0.505. The fourth-order valence-electron chi connectivity index (χ4n) is 2.96.